The molecule has 2 fully saturated rings. The second-order valence-corrected chi connectivity index (χ2v) is 7.05. The van der Waals surface area contributed by atoms with Gasteiger partial charge in [0, 0.05) is 37.7 Å². The Bertz CT molecular complexity index is 566. The second-order valence-electron chi connectivity index (χ2n) is 7.05. The van der Waals surface area contributed by atoms with Crippen LogP contribution in [0.15, 0.2) is 0 Å². The molecule has 2 aliphatic rings. The summed E-state index contributed by atoms with van der Waals surface area (Å²) in [6, 6.07) is 0.187. The van der Waals surface area contributed by atoms with Crippen LogP contribution >= 0.6 is 0 Å². The summed E-state index contributed by atoms with van der Waals surface area (Å²) in [7, 11) is 1.94. The zero-order valence-electron chi connectivity index (χ0n) is 13.8. The number of hydrogen-bond donors (Lipinski definition) is 2. The van der Waals surface area contributed by atoms with Gasteiger partial charge in [-0.15, -0.1) is 0 Å². The Kier molecular flexibility index (Phi) is 4.26. The number of carbonyl (C=O) groups is 1. The highest BCUT2D eigenvalue weighted by molar-refractivity contribution is 5.76. The molecule has 2 saturated carbocycles. The smallest absolute Gasteiger partial charge is 0.220 e. The number of nitrogens with one attached hydrogen (secondary N) is 1. The second kappa shape index (κ2) is 6.03. The van der Waals surface area contributed by atoms with Gasteiger partial charge in [0.1, 0.15) is 0 Å². The van der Waals surface area contributed by atoms with Crippen molar-refractivity contribution < 1.29 is 9.90 Å². The lowest BCUT2D eigenvalue weighted by molar-refractivity contribution is -0.122. The molecular formula is C17H27N3O2. The van der Waals surface area contributed by atoms with E-state index in [1.807, 2.05) is 25.6 Å². The predicted octanol–water partition coefficient (Wildman–Crippen LogP) is 1.49. The number of carbonyl (C=O) groups excluding carboxylic acids is 1. The summed E-state index contributed by atoms with van der Waals surface area (Å²) in [5.41, 5.74) is 3.34. The largest absolute Gasteiger partial charge is 0.396 e. The average Bonchev–Trinajstić information content (AvgIpc) is 3.13. The first-order valence-electron chi connectivity index (χ1n) is 8.40. The van der Waals surface area contributed by atoms with Crippen LogP contribution in [0, 0.1) is 31.6 Å². The molecule has 2 N–H and O–H groups in total. The van der Waals surface area contributed by atoms with Gasteiger partial charge >= 0.3 is 0 Å². The van der Waals surface area contributed by atoms with E-state index in [9.17, 15) is 9.90 Å². The van der Waals surface area contributed by atoms with Gasteiger partial charge in [0.05, 0.1) is 5.69 Å². The van der Waals surface area contributed by atoms with Crippen molar-refractivity contribution in [1.29, 1.82) is 0 Å². The third-order valence-electron chi connectivity index (χ3n) is 5.89. The Morgan fingerprint density at radius 1 is 1.36 bits per heavy atom. The predicted molar refractivity (Wildman–Crippen MR) is 84.3 cm³/mol. The highest BCUT2D eigenvalue weighted by Crippen LogP contribution is 2.48. The van der Waals surface area contributed by atoms with E-state index in [2.05, 4.69) is 10.4 Å². The van der Waals surface area contributed by atoms with Crippen LogP contribution in [-0.4, -0.2) is 33.4 Å². The van der Waals surface area contributed by atoms with Gasteiger partial charge in [0.2, 0.25) is 5.91 Å². The van der Waals surface area contributed by atoms with E-state index in [-0.39, 0.29) is 24.5 Å². The molecule has 2 aliphatic carbocycles. The summed E-state index contributed by atoms with van der Waals surface area (Å²) in [6.07, 6.45) is 4.83. The lowest BCUT2D eigenvalue weighted by Gasteiger charge is -2.30. The van der Waals surface area contributed by atoms with Crippen molar-refractivity contribution in [3.05, 3.63) is 17.0 Å². The Labute approximate surface area is 132 Å². The first-order valence-corrected chi connectivity index (χ1v) is 8.40. The molecular weight excluding hydrogens is 278 g/mol. The fourth-order valence-electron chi connectivity index (χ4n) is 4.57. The van der Waals surface area contributed by atoms with Gasteiger partial charge in [-0.25, -0.2) is 0 Å². The molecule has 1 amide bonds. The topological polar surface area (TPSA) is 67.2 Å². The Balaban J connectivity index is 1.57. The molecule has 4 unspecified atom stereocenters. The van der Waals surface area contributed by atoms with E-state index >= 15 is 0 Å². The van der Waals surface area contributed by atoms with Gasteiger partial charge in [-0.2, -0.15) is 5.10 Å². The Morgan fingerprint density at radius 2 is 2.09 bits per heavy atom. The molecule has 0 saturated heterocycles. The van der Waals surface area contributed by atoms with Crippen molar-refractivity contribution in [1.82, 2.24) is 15.1 Å². The van der Waals surface area contributed by atoms with Crippen LogP contribution in [0.3, 0.4) is 0 Å². The molecule has 22 heavy (non-hydrogen) atoms. The summed E-state index contributed by atoms with van der Waals surface area (Å²) >= 11 is 0. The van der Waals surface area contributed by atoms with Crippen molar-refractivity contribution in [2.45, 2.75) is 52.0 Å². The lowest BCUT2D eigenvalue weighted by atomic mass is 9.85. The molecule has 0 aromatic carbocycles. The molecule has 3 rings (SSSR count). The van der Waals surface area contributed by atoms with Crippen molar-refractivity contribution in [2.75, 3.05) is 6.61 Å². The number of aromatic nitrogens is 2. The number of rotatable bonds is 5. The number of amides is 1. The maximum Gasteiger partial charge on any atom is 0.220 e. The number of fused-ring (bicyclic) bond motifs is 2. The van der Waals surface area contributed by atoms with Gasteiger partial charge in [-0.1, -0.05) is 0 Å². The van der Waals surface area contributed by atoms with Crippen LogP contribution in [0.25, 0.3) is 0 Å². The summed E-state index contributed by atoms with van der Waals surface area (Å²) in [5.74, 6) is 1.57. The number of aliphatic hydroxyl groups excluding tert-OH is 1. The summed E-state index contributed by atoms with van der Waals surface area (Å²) in [4.78, 5) is 12.3. The Hall–Kier alpha value is -1.36. The quantitative estimate of drug-likeness (QED) is 0.866. The zero-order valence-corrected chi connectivity index (χ0v) is 13.8. The van der Waals surface area contributed by atoms with Gasteiger partial charge in [-0.05, 0) is 56.9 Å². The van der Waals surface area contributed by atoms with Gasteiger partial charge in [0.25, 0.3) is 0 Å². The molecule has 0 spiro atoms. The fraction of sp³-hybridized carbons (Fsp3) is 0.765. The number of hydrogen-bond acceptors (Lipinski definition) is 3. The van der Waals surface area contributed by atoms with E-state index in [0.717, 1.165) is 17.8 Å². The third kappa shape index (κ3) is 2.67. The lowest BCUT2D eigenvalue weighted by Crippen LogP contribution is -2.45. The highest BCUT2D eigenvalue weighted by Gasteiger charge is 2.47. The molecule has 0 aliphatic heterocycles. The van der Waals surface area contributed by atoms with Crippen molar-refractivity contribution in [3.63, 3.8) is 0 Å². The van der Waals surface area contributed by atoms with Crippen LogP contribution < -0.4 is 5.32 Å². The normalized spacial score (nSPS) is 30.0. The van der Waals surface area contributed by atoms with Gasteiger partial charge in [0.15, 0.2) is 0 Å². The first kappa shape index (κ1) is 15.5. The molecule has 122 valence electrons. The first-order chi connectivity index (χ1) is 10.5. The summed E-state index contributed by atoms with van der Waals surface area (Å²) < 4.78 is 1.88. The Morgan fingerprint density at radius 3 is 2.73 bits per heavy atom. The molecule has 0 radical (unpaired) electrons. The molecule has 4 atom stereocenters. The van der Waals surface area contributed by atoms with E-state index in [1.165, 1.54) is 24.8 Å². The minimum absolute atomic E-state index is 0.110. The number of aryl methyl sites for hydroxylation is 2. The van der Waals surface area contributed by atoms with E-state index in [4.69, 9.17) is 0 Å². The van der Waals surface area contributed by atoms with E-state index in [0.29, 0.717) is 18.3 Å². The average molecular weight is 305 g/mol. The summed E-state index contributed by atoms with van der Waals surface area (Å²) in [6.45, 7) is 4.25. The maximum atomic E-state index is 12.3. The minimum atomic E-state index is 0.110. The third-order valence-corrected chi connectivity index (χ3v) is 5.89. The van der Waals surface area contributed by atoms with Crippen molar-refractivity contribution in [2.24, 2.45) is 24.8 Å². The number of aliphatic hydroxyl groups is 1. The molecule has 2 bridgehead atoms. The van der Waals surface area contributed by atoms with Crippen molar-refractivity contribution in [3.8, 4) is 0 Å². The molecule has 5 heteroatoms. The SMILES string of the molecule is Cc1nn(C)c(C)c1CCC(=O)NC1C2CCC(C2)C1CO. The molecule has 1 aromatic heterocycles. The fourth-order valence-corrected chi connectivity index (χ4v) is 4.57. The van der Waals surface area contributed by atoms with Gasteiger partial charge in [-0.3, -0.25) is 9.48 Å². The van der Waals surface area contributed by atoms with Crippen LogP contribution in [0.1, 0.15) is 42.6 Å². The maximum absolute atomic E-state index is 12.3. The standard InChI is InChI=1S/C17H27N3O2/c1-10-14(11(2)20(3)19-10)6-7-16(22)18-17-13-5-4-12(8-13)15(17)9-21/h12-13,15,17,21H,4-9H2,1-3H3,(H,18,22). The monoisotopic (exact) mass is 305 g/mol. The minimum Gasteiger partial charge on any atom is -0.396 e. The molecule has 1 heterocycles. The number of nitrogens with zero attached hydrogens (tertiary/aromatic N) is 2. The van der Waals surface area contributed by atoms with Crippen LogP contribution in [0.5, 0.6) is 0 Å². The van der Waals surface area contributed by atoms with Crippen LogP contribution in [0.4, 0.5) is 0 Å². The zero-order chi connectivity index (χ0) is 15.9. The van der Waals surface area contributed by atoms with Crippen LogP contribution in [0.2, 0.25) is 0 Å². The molecule has 5 nitrogen and oxygen atoms in total. The summed E-state index contributed by atoms with van der Waals surface area (Å²) in [5, 5.41) is 17.2. The van der Waals surface area contributed by atoms with Crippen molar-refractivity contribution >= 4 is 5.91 Å². The molecule has 1 aromatic rings. The van der Waals surface area contributed by atoms with E-state index < -0.39 is 0 Å². The van der Waals surface area contributed by atoms with Gasteiger partial charge < -0.3 is 10.4 Å². The van der Waals surface area contributed by atoms with E-state index in [1.54, 1.807) is 0 Å². The highest BCUT2D eigenvalue weighted by atomic mass is 16.3. The van der Waals surface area contributed by atoms with Crippen LogP contribution in [-0.2, 0) is 18.3 Å².